The van der Waals surface area contributed by atoms with Gasteiger partial charge in [0.05, 0.1) is 0 Å². The lowest BCUT2D eigenvalue weighted by Crippen LogP contribution is -2.60. The topological polar surface area (TPSA) is 29.3 Å². The molecule has 2 N–H and O–H groups in total. The standard InChI is InChI=1S/C4H9FN2/c1-4(5)2-7(6)3-4/h2-3,6H2,1H3. The molecule has 0 aliphatic carbocycles. The van der Waals surface area contributed by atoms with Crippen molar-refractivity contribution in [2.24, 2.45) is 5.84 Å². The maximum atomic E-state index is 12.3. The third-order valence-electron chi connectivity index (χ3n) is 1.07. The van der Waals surface area contributed by atoms with Crippen LogP contribution in [0.1, 0.15) is 6.92 Å². The fourth-order valence-electron chi connectivity index (χ4n) is 0.801. The van der Waals surface area contributed by atoms with Crippen LogP contribution in [-0.4, -0.2) is 23.8 Å². The van der Waals surface area contributed by atoms with Crippen molar-refractivity contribution in [2.75, 3.05) is 13.1 Å². The summed E-state index contributed by atoms with van der Waals surface area (Å²) in [5.74, 6) is 5.15. The zero-order valence-electron chi connectivity index (χ0n) is 4.32. The van der Waals surface area contributed by atoms with E-state index in [1.165, 1.54) is 5.01 Å². The number of halogens is 1. The minimum absolute atomic E-state index is 0.382. The van der Waals surface area contributed by atoms with Gasteiger partial charge in [-0.2, -0.15) is 0 Å². The van der Waals surface area contributed by atoms with Gasteiger partial charge >= 0.3 is 0 Å². The summed E-state index contributed by atoms with van der Waals surface area (Å²) < 4.78 is 12.3. The van der Waals surface area contributed by atoms with Crippen LogP contribution in [0.4, 0.5) is 4.39 Å². The highest BCUT2D eigenvalue weighted by atomic mass is 19.1. The Hall–Kier alpha value is -0.150. The second-order valence-electron chi connectivity index (χ2n) is 2.32. The molecule has 1 aliphatic heterocycles. The van der Waals surface area contributed by atoms with Crippen LogP contribution in [0.2, 0.25) is 0 Å². The first-order valence-corrected chi connectivity index (χ1v) is 2.29. The molecule has 0 saturated carbocycles. The Morgan fingerprint density at radius 2 is 2.14 bits per heavy atom. The molecule has 0 aromatic heterocycles. The van der Waals surface area contributed by atoms with Gasteiger partial charge in [0.2, 0.25) is 0 Å². The molecular formula is C4H9FN2. The Bertz CT molecular complexity index is 73.8. The van der Waals surface area contributed by atoms with E-state index in [0.717, 1.165) is 0 Å². The highest BCUT2D eigenvalue weighted by molar-refractivity contribution is 4.88. The molecule has 1 aliphatic rings. The number of nitrogens with two attached hydrogens (primary N) is 1. The van der Waals surface area contributed by atoms with E-state index in [2.05, 4.69) is 0 Å². The molecule has 1 heterocycles. The lowest BCUT2D eigenvalue weighted by molar-refractivity contribution is -0.0177. The molecular weight excluding hydrogens is 95.1 g/mol. The highest BCUT2D eigenvalue weighted by Gasteiger charge is 2.36. The summed E-state index contributed by atoms with van der Waals surface area (Å²) in [6, 6.07) is 0. The monoisotopic (exact) mass is 104 g/mol. The SMILES string of the molecule is CC1(F)CN(N)C1. The van der Waals surface area contributed by atoms with Crippen LogP contribution in [0, 0.1) is 0 Å². The van der Waals surface area contributed by atoms with Crippen molar-refractivity contribution in [1.82, 2.24) is 5.01 Å². The number of hydrazine groups is 1. The Labute approximate surface area is 42.1 Å². The molecule has 0 aromatic rings. The predicted molar refractivity (Wildman–Crippen MR) is 25.3 cm³/mol. The Balaban J connectivity index is 2.29. The summed E-state index contributed by atoms with van der Waals surface area (Å²) in [6.45, 7) is 2.32. The summed E-state index contributed by atoms with van der Waals surface area (Å²) in [5, 5.41) is 1.46. The highest BCUT2D eigenvalue weighted by Crippen LogP contribution is 2.20. The average molecular weight is 104 g/mol. The van der Waals surface area contributed by atoms with E-state index in [9.17, 15) is 4.39 Å². The number of alkyl halides is 1. The molecule has 0 spiro atoms. The van der Waals surface area contributed by atoms with Gasteiger partial charge in [-0.05, 0) is 6.92 Å². The van der Waals surface area contributed by atoms with Crippen LogP contribution < -0.4 is 5.84 Å². The molecule has 0 atom stereocenters. The lowest BCUT2D eigenvalue weighted by atomic mass is 10.0. The largest absolute Gasteiger partial charge is 0.269 e. The van der Waals surface area contributed by atoms with E-state index in [1.807, 2.05) is 0 Å². The number of hydrogen-bond donors (Lipinski definition) is 1. The summed E-state index contributed by atoms with van der Waals surface area (Å²) in [4.78, 5) is 0. The summed E-state index contributed by atoms with van der Waals surface area (Å²) in [7, 11) is 0. The second-order valence-corrected chi connectivity index (χ2v) is 2.32. The van der Waals surface area contributed by atoms with Gasteiger partial charge in [-0.3, -0.25) is 5.84 Å². The minimum Gasteiger partial charge on any atom is -0.269 e. The van der Waals surface area contributed by atoms with E-state index < -0.39 is 5.67 Å². The maximum absolute atomic E-state index is 12.3. The van der Waals surface area contributed by atoms with Gasteiger partial charge < -0.3 is 0 Å². The fraction of sp³-hybridized carbons (Fsp3) is 1.00. The van der Waals surface area contributed by atoms with Gasteiger partial charge in [0.15, 0.2) is 0 Å². The van der Waals surface area contributed by atoms with Crippen molar-refractivity contribution >= 4 is 0 Å². The molecule has 0 amide bonds. The molecule has 1 saturated heterocycles. The van der Waals surface area contributed by atoms with Crippen LogP contribution in [0.5, 0.6) is 0 Å². The lowest BCUT2D eigenvalue weighted by Gasteiger charge is -2.38. The van der Waals surface area contributed by atoms with E-state index >= 15 is 0 Å². The van der Waals surface area contributed by atoms with E-state index in [-0.39, 0.29) is 0 Å². The van der Waals surface area contributed by atoms with Crippen molar-refractivity contribution in [3.8, 4) is 0 Å². The van der Waals surface area contributed by atoms with Gasteiger partial charge in [0, 0.05) is 13.1 Å². The smallest absolute Gasteiger partial charge is 0.136 e. The first-order chi connectivity index (χ1) is 3.10. The van der Waals surface area contributed by atoms with E-state index in [0.29, 0.717) is 13.1 Å². The van der Waals surface area contributed by atoms with Crippen molar-refractivity contribution in [3.63, 3.8) is 0 Å². The van der Waals surface area contributed by atoms with Crippen molar-refractivity contribution in [3.05, 3.63) is 0 Å². The van der Waals surface area contributed by atoms with Crippen molar-refractivity contribution in [2.45, 2.75) is 12.6 Å². The molecule has 1 fully saturated rings. The molecule has 3 heteroatoms. The minimum atomic E-state index is -1.01. The van der Waals surface area contributed by atoms with Gasteiger partial charge in [-0.1, -0.05) is 0 Å². The summed E-state index contributed by atoms with van der Waals surface area (Å²) in [5.41, 5.74) is -1.01. The normalized spacial score (nSPS) is 29.6. The van der Waals surface area contributed by atoms with E-state index in [4.69, 9.17) is 5.84 Å². The number of nitrogens with zero attached hydrogens (tertiary/aromatic N) is 1. The number of rotatable bonds is 0. The molecule has 0 unspecified atom stereocenters. The van der Waals surface area contributed by atoms with Gasteiger partial charge in [0.1, 0.15) is 5.67 Å². The van der Waals surface area contributed by atoms with Crippen LogP contribution >= 0.6 is 0 Å². The second kappa shape index (κ2) is 1.17. The van der Waals surface area contributed by atoms with Crippen molar-refractivity contribution < 1.29 is 4.39 Å². The van der Waals surface area contributed by atoms with Gasteiger partial charge in [0.25, 0.3) is 0 Å². The Kier molecular flexibility index (Phi) is 0.834. The molecule has 2 nitrogen and oxygen atoms in total. The fourth-order valence-corrected chi connectivity index (χ4v) is 0.801. The first-order valence-electron chi connectivity index (χ1n) is 2.29. The maximum Gasteiger partial charge on any atom is 0.136 e. The van der Waals surface area contributed by atoms with Gasteiger partial charge in [-0.15, -0.1) is 0 Å². The summed E-state index contributed by atoms with van der Waals surface area (Å²) in [6.07, 6.45) is 0. The third kappa shape index (κ3) is 0.894. The zero-order chi connectivity index (χ0) is 5.49. The molecule has 0 radical (unpaired) electrons. The van der Waals surface area contributed by atoms with Crippen LogP contribution in [0.25, 0.3) is 0 Å². The van der Waals surface area contributed by atoms with Crippen LogP contribution in [0.15, 0.2) is 0 Å². The first kappa shape index (κ1) is 5.00. The molecule has 0 aromatic carbocycles. The molecule has 7 heavy (non-hydrogen) atoms. The number of hydrogen-bond acceptors (Lipinski definition) is 2. The van der Waals surface area contributed by atoms with Gasteiger partial charge in [-0.25, -0.2) is 9.40 Å². The molecule has 42 valence electrons. The van der Waals surface area contributed by atoms with Crippen molar-refractivity contribution in [1.29, 1.82) is 0 Å². The Morgan fingerprint density at radius 1 is 1.71 bits per heavy atom. The van der Waals surface area contributed by atoms with E-state index in [1.54, 1.807) is 6.92 Å². The average Bonchev–Trinajstić information content (AvgIpc) is 1.27. The molecule has 1 rings (SSSR count). The van der Waals surface area contributed by atoms with Crippen LogP contribution in [0.3, 0.4) is 0 Å². The quantitative estimate of drug-likeness (QED) is 0.435. The Morgan fingerprint density at radius 3 is 2.14 bits per heavy atom. The summed E-state index contributed by atoms with van der Waals surface area (Å²) >= 11 is 0. The zero-order valence-corrected chi connectivity index (χ0v) is 4.32. The molecule has 0 bridgehead atoms. The van der Waals surface area contributed by atoms with Crippen LogP contribution in [-0.2, 0) is 0 Å². The third-order valence-corrected chi connectivity index (χ3v) is 1.07. The predicted octanol–water partition coefficient (Wildman–Crippen LogP) is -0.0961.